The molecule has 0 bridgehead atoms. The topological polar surface area (TPSA) is 64.8 Å². The number of hydrogen-bond acceptors (Lipinski definition) is 5. The second-order valence-corrected chi connectivity index (χ2v) is 7.99. The molecule has 29 heavy (non-hydrogen) atoms. The molecule has 0 N–H and O–H groups in total. The van der Waals surface area contributed by atoms with Gasteiger partial charge >= 0.3 is 0 Å². The van der Waals surface area contributed by atoms with Crippen LogP contribution >= 0.6 is 0 Å². The molecule has 4 heterocycles. The molecule has 1 aromatic carbocycles. The van der Waals surface area contributed by atoms with Crippen molar-refractivity contribution in [2.45, 2.75) is 38.1 Å². The number of hydrogen-bond donors (Lipinski definition) is 0. The predicted molar refractivity (Wildman–Crippen MR) is 108 cm³/mol. The van der Waals surface area contributed by atoms with Gasteiger partial charge in [0.05, 0.1) is 31.5 Å². The first-order valence-corrected chi connectivity index (χ1v) is 10.1. The van der Waals surface area contributed by atoms with Gasteiger partial charge in [0.1, 0.15) is 11.2 Å². The predicted octanol–water partition coefficient (Wildman–Crippen LogP) is 3.73. The molecule has 1 atom stereocenters. The van der Waals surface area contributed by atoms with E-state index in [1.54, 1.807) is 6.20 Å². The SMILES string of the molecule is Cc1c(C(=O)N2CC3(C[C@H](OCc4ccccn4)CCO3)C2)oc2ccccc12. The van der Waals surface area contributed by atoms with E-state index >= 15 is 0 Å². The summed E-state index contributed by atoms with van der Waals surface area (Å²) >= 11 is 0. The van der Waals surface area contributed by atoms with Crippen LogP contribution in [0.1, 0.15) is 34.7 Å². The number of likely N-dealkylation sites (tertiary alicyclic amines) is 1. The van der Waals surface area contributed by atoms with E-state index in [2.05, 4.69) is 4.98 Å². The number of fused-ring (bicyclic) bond motifs is 1. The quantitative estimate of drug-likeness (QED) is 0.677. The highest BCUT2D eigenvalue weighted by Crippen LogP contribution is 2.37. The maximum atomic E-state index is 13.0. The van der Waals surface area contributed by atoms with E-state index in [0.717, 1.165) is 35.1 Å². The standard InChI is InChI=1S/C23H24N2O4/c1-16-19-7-2-3-8-20(19)29-21(16)22(26)25-14-23(15-25)12-18(9-11-28-23)27-13-17-6-4-5-10-24-17/h2-8,10,18H,9,11-15H2,1H3/t18-/m1/s1. The molecule has 3 aromatic rings. The fourth-order valence-electron chi connectivity index (χ4n) is 4.35. The number of aromatic nitrogens is 1. The van der Waals surface area contributed by atoms with Crippen LogP contribution < -0.4 is 0 Å². The van der Waals surface area contributed by atoms with Crippen molar-refractivity contribution in [2.24, 2.45) is 0 Å². The molecule has 0 unspecified atom stereocenters. The third-order valence-electron chi connectivity index (χ3n) is 5.92. The number of pyridine rings is 1. The first-order chi connectivity index (χ1) is 14.1. The van der Waals surface area contributed by atoms with Crippen molar-refractivity contribution in [3.8, 4) is 0 Å². The summed E-state index contributed by atoms with van der Waals surface area (Å²) < 4.78 is 18.0. The summed E-state index contributed by atoms with van der Waals surface area (Å²) in [5.74, 6) is 0.365. The van der Waals surface area contributed by atoms with Crippen molar-refractivity contribution in [2.75, 3.05) is 19.7 Å². The lowest BCUT2D eigenvalue weighted by molar-refractivity contribution is -0.188. The Morgan fingerprint density at radius 1 is 1.24 bits per heavy atom. The summed E-state index contributed by atoms with van der Waals surface area (Å²) in [4.78, 5) is 19.1. The van der Waals surface area contributed by atoms with Crippen LogP contribution in [-0.4, -0.2) is 47.2 Å². The molecule has 6 heteroatoms. The molecule has 2 aliphatic rings. The van der Waals surface area contributed by atoms with E-state index in [4.69, 9.17) is 13.9 Å². The number of rotatable bonds is 4. The Morgan fingerprint density at radius 2 is 2.07 bits per heavy atom. The fraction of sp³-hybridized carbons (Fsp3) is 0.391. The zero-order valence-electron chi connectivity index (χ0n) is 16.5. The van der Waals surface area contributed by atoms with Gasteiger partial charge in [-0.1, -0.05) is 24.3 Å². The smallest absolute Gasteiger partial charge is 0.290 e. The van der Waals surface area contributed by atoms with Crippen LogP contribution in [0.2, 0.25) is 0 Å². The lowest BCUT2D eigenvalue weighted by atomic mass is 9.84. The number of para-hydroxylation sites is 1. The number of ether oxygens (including phenoxy) is 2. The molecule has 2 aliphatic heterocycles. The second-order valence-electron chi connectivity index (χ2n) is 7.99. The Hall–Kier alpha value is -2.70. The molecular formula is C23H24N2O4. The Labute approximate surface area is 169 Å². The number of carbonyl (C=O) groups excluding carboxylic acids is 1. The number of aryl methyl sites for hydroxylation is 1. The van der Waals surface area contributed by atoms with Gasteiger partial charge in [-0.3, -0.25) is 9.78 Å². The minimum Gasteiger partial charge on any atom is -0.451 e. The minimum atomic E-state index is -0.303. The summed E-state index contributed by atoms with van der Waals surface area (Å²) in [6, 6.07) is 13.6. The Balaban J connectivity index is 1.22. The number of benzene rings is 1. The maximum absolute atomic E-state index is 13.0. The van der Waals surface area contributed by atoms with E-state index in [1.807, 2.05) is 54.3 Å². The average Bonchev–Trinajstić information content (AvgIpc) is 3.08. The molecule has 5 rings (SSSR count). The summed E-state index contributed by atoms with van der Waals surface area (Å²) in [5.41, 5.74) is 2.27. The highest BCUT2D eigenvalue weighted by atomic mass is 16.5. The summed E-state index contributed by atoms with van der Waals surface area (Å²) in [6.07, 6.45) is 3.56. The van der Waals surface area contributed by atoms with Crippen molar-refractivity contribution in [1.29, 1.82) is 0 Å². The molecule has 2 saturated heterocycles. The molecule has 0 aliphatic carbocycles. The van der Waals surface area contributed by atoms with Gasteiger partial charge in [0.25, 0.3) is 5.91 Å². The fourth-order valence-corrected chi connectivity index (χ4v) is 4.35. The van der Waals surface area contributed by atoms with Crippen molar-refractivity contribution in [3.05, 3.63) is 65.7 Å². The lowest BCUT2D eigenvalue weighted by Gasteiger charge is -2.52. The molecular weight excluding hydrogens is 368 g/mol. The van der Waals surface area contributed by atoms with Gasteiger partial charge in [-0.2, -0.15) is 0 Å². The van der Waals surface area contributed by atoms with E-state index < -0.39 is 0 Å². The number of furan rings is 1. The van der Waals surface area contributed by atoms with Gasteiger partial charge in [0.15, 0.2) is 5.76 Å². The normalized spacial score (nSPS) is 20.7. The van der Waals surface area contributed by atoms with Gasteiger partial charge in [-0.25, -0.2) is 0 Å². The third kappa shape index (κ3) is 3.43. The molecule has 6 nitrogen and oxygen atoms in total. The van der Waals surface area contributed by atoms with Crippen molar-refractivity contribution < 1.29 is 18.7 Å². The monoisotopic (exact) mass is 392 g/mol. The van der Waals surface area contributed by atoms with Crippen molar-refractivity contribution in [3.63, 3.8) is 0 Å². The molecule has 0 saturated carbocycles. The number of amides is 1. The summed E-state index contributed by atoms with van der Waals surface area (Å²) in [6.45, 7) is 4.24. The number of nitrogens with zero attached hydrogens (tertiary/aromatic N) is 2. The molecule has 0 radical (unpaired) electrons. The largest absolute Gasteiger partial charge is 0.451 e. The first-order valence-electron chi connectivity index (χ1n) is 10.1. The zero-order valence-corrected chi connectivity index (χ0v) is 16.5. The third-order valence-corrected chi connectivity index (χ3v) is 5.92. The molecule has 2 fully saturated rings. The Kier molecular flexibility index (Phi) is 4.60. The highest BCUT2D eigenvalue weighted by Gasteiger charge is 2.50. The van der Waals surface area contributed by atoms with Crippen molar-refractivity contribution in [1.82, 2.24) is 9.88 Å². The van der Waals surface area contributed by atoms with E-state index in [9.17, 15) is 4.79 Å². The van der Waals surface area contributed by atoms with Crippen LogP contribution in [0.15, 0.2) is 53.1 Å². The van der Waals surface area contributed by atoms with Gasteiger partial charge in [0.2, 0.25) is 0 Å². The molecule has 150 valence electrons. The molecule has 1 amide bonds. The van der Waals surface area contributed by atoms with Crippen LogP contribution in [0.5, 0.6) is 0 Å². The van der Waals surface area contributed by atoms with Crippen LogP contribution in [0, 0.1) is 6.92 Å². The molecule has 1 spiro atoms. The Bertz CT molecular complexity index is 1020. The van der Waals surface area contributed by atoms with E-state index in [1.165, 1.54) is 0 Å². The maximum Gasteiger partial charge on any atom is 0.290 e. The lowest BCUT2D eigenvalue weighted by Crippen LogP contribution is -2.67. The zero-order chi connectivity index (χ0) is 19.8. The van der Waals surface area contributed by atoms with Gasteiger partial charge in [0, 0.05) is 30.2 Å². The van der Waals surface area contributed by atoms with Crippen LogP contribution in [0.25, 0.3) is 11.0 Å². The summed E-state index contributed by atoms with van der Waals surface area (Å²) in [7, 11) is 0. The first kappa shape index (κ1) is 18.3. The van der Waals surface area contributed by atoms with E-state index in [-0.39, 0.29) is 17.6 Å². The van der Waals surface area contributed by atoms with Crippen LogP contribution in [-0.2, 0) is 16.1 Å². The highest BCUT2D eigenvalue weighted by molar-refractivity contribution is 5.99. The number of carbonyl (C=O) groups is 1. The average molecular weight is 392 g/mol. The van der Waals surface area contributed by atoms with Gasteiger partial charge in [-0.15, -0.1) is 0 Å². The minimum absolute atomic E-state index is 0.0653. The van der Waals surface area contributed by atoms with Gasteiger partial charge in [-0.05, 0) is 31.5 Å². The Morgan fingerprint density at radius 3 is 2.86 bits per heavy atom. The molecule has 2 aromatic heterocycles. The second kappa shape index (κ2) is 7.28. The summed E-state index contributed by atoms with van der Waals surface area (Å²) in [5, 5.41) is 0.989. The van der Waals surface area contributed by atoms with Crippen LogP contribution in [0.3, 0.4) is 0 Å². The van der Waals surface area contributed by atoms with Crippen LogP contribution in [0.4, 0.5) is 0 Å². The van der Waals surface area contributed by atoms with Crippen molar-refractivity contribution >= 4 is 16.9 Å². The van der Waals surface area contributed by atoms with Gasteiger partial charge < -0.3 is 18.8 Å². The van der Waals surface area contributed by atoms with E-state index in [0.29, 0.717) is 32.1 Å².